The molecule has 2 nitrogen and oxygen atoms in total. The van der Waals surface area contributed by atoms with Gasteiger partial charge >= 0.3 is 0 Å². The smallest absolute Gasteiger partial charge is 0.151 e. The van der Waals surface area contributed by atoms with Crippen LogP contribution < -0.4 is 5.32 Å². The SMILES string of the molecule is F[C@@H]1CCCCCCCCCC[C@@]12NCC1(O2)C2CC3CC(C2)CC1C3. The number of hydrogen-bond acceptors (Lipinski definition) is 2. The van der Waals surface area contributed by atoms with Gasteiger partial charge in [0.05, 0.1) is 5.60 Å². The van der Waals surface area contributed by atoms with E-state index < -0.39 is 11.9 Å². The van der Waals surface area contributed by atoms with Gasteiger partial charge in [-0.2, -0.15) is 0 Å². The van der Waals surface area contributed by atoms with E-state index in [1.54, 1.807) is 0 Å². The van der Waals surface area contributed by atoms with E-state index >= 15 is 4.39 Å². The number of halogens is 1. The Balaban J connectivity index is 1.35. The van der Waals surface area contributed by atoms with E-state index in [-0.39, 0.29) is 5.60 Å². The normalized spacial score (nSPS) is 52.3. The fraction of sp³-hybridized carbons (Fsp3) is 1.00. The van der Waals surface area contributed by atoms with E-state index in [2.05, 4.69) is 5.32 Å². The molecule has 5 aliphatic carbocycles. The molecule has 3 heteroatoms. The highest BCUT2D eigenvalue weighted by atomic mass is 19.1. The molecule has 26 heavy (non-hydrogen) atoms. The molecular weight excluding hydrogens is 325 g/mol. The molecule has 0 aromatic heterocycles. The van der Waals surface area contributed by atoms with Gasteiger partial charge in [-0.1, -0.05) is 44.9 Å². The molecule has 6 aliphatic rings. The third-order valence-corrected chi connectivity index (χ3v) is 8.82. The Morgan fingerprint density at radius 3 is 1.96 bits per heavy atom. The summed E-state index contributed by atoms with van der Waals surface area (Å²) in [7, 11) is 0. The molecule has 0 radical (unpaired) electrons. The van der Waals surface area contributed by atoms with Crippen molar-refractivity contribution >= 4 is 0 Å². The molecule has 0 aromatic carbocycles. The molecule has 6 fully saturated rings. The number of alkyl halides is 1. The van der Waals surface area contributed by atoms with Crippen LogP contribution in [0.3, 0.4) is 0 Å². The maximum absolute atomic E-state index is 15.5. The molecule has 6 rings (SSSR count). The molecule has 1 N–H and O–H groups in total. The minimum Gasteiger partial charge on any atom is -0.349 e. The lowest BCUT2D eigenvalue weighted by molar-refractivity contribution is -0.234. The van der Waals surface area contributed by atoms with Crippen LogP contribution in [-0.2, 0) is 4.74 Å². The molecule has 4 bridgehead atoms. The van der Waals surface area contributed by atoms with Crippen LogP contribution in [0.5, 0.6) is 0 Å². The van der Waals surface area contributed by atoms with E-state index in [9.17, 15) is 0 Å². The summed E-state index contributed by atoms with van der Waals surface area (Å²) in [6, 6.07) is 0. The minimum atomic E-state index is -0.835. The van der Waals surface area contributed by atoms with Crippen LogP contribution in [0.2, 0.25) is 0 Å². The van der Waals surface area contributed by atoms with Gasteiger partial charge in [-0.05, 0) is 75.0 Å². The highest BCUT2D eigenvalue weighted by Crippen LogP contribution is 2.62. The number of nitrogens with one attached hydrogen (secondary N) is 1. The van der Waals surface area contributed by atoms with Gasteiger partial charge in [-0.15, -0.1) is 0 Å². The molecule has 2 atom stereocenters. The van der Waals surface area contributed by atoms with Crippen molar-refractivity contribution in [3.8, 4) is 0 Å². The molecule has 2 spiro atoms. The van der Waals surface area contributed by atoms with Gasteiger partial charge in [0, 0.05) is 6.54 Å². The van der Waals surface area contributed by atoms with E-state index in [1.165, 1.54) is 70.6 Å². The summed E-state index contributed by atoms with van der Waals surface area (Å²) in [4.78, 5) is 0. The highest BCUT2D eigenvalue weighted by molar-refractivity contribution is 5.14. The molecule has 5 saturated carbocycles. The zero-order valence-corrected chi connectivity index (χ0v) is 16.5. The summed E-state index contributed by atoms with van der Waals surface area (Å²) >= 11 is 0. The van der Waals surface area contributed by atoms with Crippen LogP contribution in [0.1, 0.15) is 96.3 Å². The van der Waals surface area contributed by atoms with Crippen LogP contribution in [-0.4, -0.2) is 24.0 Å². The van der Waals surface area contributed by atoms with Gasteiger partial charge in [0.25, 0.3) is 0 Å². The van der Waals surface area contributed by atoms with Crippen molar-refractivity contribution in [1.82, 2.24) is 5.32 Å². The monoisotopic (exact) mass is 363 g/mol. The molecule has 148 valence electrons. The van der Waals surface area contributed by atoms with Crippen molar-refractivity contribution in [2.24, 2.45) is 23.7 Å². The second-order valence-electron chi connectivity index (χ2n) is 10.4. The first-order valence-corrected chi connectivity index (χ1v) is 11.8. The fourth-order valence-electron chi connectivity index (χ4n) is 7.61. The van der Waals surface area contributed by atoms with E-state index in [0.29, 0.717) is 18.3 Å². The lowest BCUT2D eigenvalue weighted by Crippen LogP contribution is -2.60. The van der Waals surface area contributed by atoms with Crippen molar-refractivity contribution in [2.45, 2.75) is 114 Å². The van der Waals surface area contributed by atoms with Crippen molar-refractivity contribution < 1.29 is 9.13 Å². The van der Waals surface area contributed by atoms with Crippen LogP contribution in [0, 0.1) is 23.7 Å². The lowest BCUT2D eigenvalue weighted by Gasteiger charge is -2.59. The maximum Gasteiger partial charge on any atom is 0.151 e. The van der Waals surface area contributed by atoms with E-state index in [4.69, 9.17) is 4.74 Å². The predicted molar refractivity (Wildman–Crippen MR) is 103 cm³/mol. The minimum absolute atomic E-state index is 0.0329. The molecule has 0 unspecified atom stereocenters. The number of hydrogen-bond donors (Lipinski definition) is 1. The van der Waals surface area contributed by atoms with Crippen molar-refractivity contribution in [2.75, 3.05) is 6.54 Å². The zero-order valence-electron chi connectivity index (χ0n) is 16.5. The molecule has 1 aliphatic heterocycles. The Kier molecular flexibility index (Phi) is 4.84. The highest BCUT2D eigenvalue weighted by Gasteiger charge is 2.64. The van der Waals surface area contributed by atoms with Crippen molar-refractivity contribution in [3.05, 3.63) is 0 Å². The lowest BCUT2D eigenvalue weighted by atomic mass is 9.50. The quantitative estimate of drug-likeness (QED) is 0.591. The Hall–Kier alpha value is -0.150. The summed E-state index contributed by atoms with van der Waals surface area (Å²) in [6.45, 7) is 0.919. The van der Waals surface area contributed by atoms with Gasteiger partial charge in [-0.3, -0.25) is 5.32 Å². The van der Waals surface area contributed by atoms with Gasteiger partial charge in [0.2, 0.25) is 0 Å². The Labute approximate surface area is 159 Å². The standard InChI is InChI=1S/C23H38FNO/c24-21-9-7-5-3-1-2-4-6-8-10-23(21)25-16-22(26-23)19-12-17-11-18(14-19)15-20(22)13-17/h17-21,25H,1-16H2/t17?,18?,19?,20?,21-,22?,23+/m1/s1. The fourth-order valence-corrected chi connectivity index (χ4v) is 7.61. The summed E-state index contributed by atoms with van der Waals surface area (Å²) in [5, 5.41) is 3.70. The van der Waals surface area contributed by atoms with Crippen LogP contribution in [0.4, 0.5) is 4.39 Å². The Morgan fingerprint density at radius 1 is 0.731 bits per heavy atom. The molecule has 0 amide bonds. The average Bonchev–Trinajstić information content (AvgIpc) is 3.02. The summed E-state index contributed by atoms with van der Waals surface area (Å²) < 4.78 is 22.5. The summed E-state index contributed by atoms with van der Waals surface area (Å²) in [5.41, 5.74) is -0.705. The van der Waals surface area contributed by atoms with Crippen LogP contribution in [0.25, 0.3) is 0 Å². The van der Waals surface area contributed by atoms with E-state index in [0.717, 1.165) is 37.6 Å². The van der Waals surface area contributed by atoms with Gasteiger partial charge in [0.1, 0.15) is 6.17 Å². The largest absolute Gasteiger partial charge is 0.349 e. The first-order chi connectivity index (χ1) is 12.7. The van der Waals surface area contributed by atoms with Gasteiger partial charge < -0.3 is 4.74 Å². The predicted octanol–water partition coefficient (Wildman–Crippen LogP) is 5.75. The van der Waals surface area contributed by atoms with Gasteiger partial charge in [0.15, 0.2) is 5.72 Å². The van der Waals surface area contributed by atoms with Gasteiger partial charge in [-0.25, -0.2) is 4.39 Å². The average molecular weight is 364 g/mol. The first-order valence-electron chi connectivity index (χ1n) is 11.8. The molecular formula is C23H38FNO. The maximum atomic E-state index is 15.5. The van der Waals surface area contributed by atoms with Crippen LogP contribution in [0.15, 0.2) is 0 Å². The topological polar surface area (TPSA) is 21.3 Å². The third-order valence-electron chi connectivity index (χ3n) is 8.82. The third kappa shape index (κ3) is 2.96. The molecule has 1 saturated heterocycles. The first kappa shape index (κ1) is 17.9. The summed E-state index contributed by atoms with van der Waals surface area (Å²) in [5.74, 6) is 3.28. The number of ether oxygens (including phenoxy) is 1. The van der Waals surface area contributed by atoms with E-state index in [1.807, 2.05) is 0 Å². The molecule has 1 heterocycles. The van der Waals surface area contributed by atoms with Crippen LogP contribution >= 0.6 is 0 Å². The second kappa shape index (κ2) is 7.03. The second-order valence-corrected chi connectivity index (χ2v) is 10.4. The zero-order chi connectivity index (χ0) is 17.6. The number of rotatable bonds is 0. The molecule has 0 aromatic rings. The van der Waals surface area contributed by atoms with Crippen molar-refractivity contribution in [3.63, 3.8) is 0 Å². The summed E-state index contributed by atoms with van der Waals surface area (Å²) in [6.07, 6.45) is 17.5. The van der Waals surface area contributed by atoms with Crippen molar-refractivity contribution in [1.29, 1.82) is 0 Å². The Bertz CT molecular complexity index is 480. The Morgan fingerprint density at radius 2 is 1.31 bits per heavy atom.